The van der Waals surface area contributed by atoms with E-state index in [1.54, 1.807) is 31.4 Å². The lowest BCUT2D eigenvalue weighted by Crippen LogP contribution is -2.27. The lowest BCUT2D eigenvalue weighted by Gasteiger charge is -2.18. The second-order valence-corrected chi connectivity index (χ2v) is 8.74. The van der Waals surface area contributed by atoms with Crippen LogP contribution in [0.25, 0.3) is 11.1 Å². The van der Waals surface area contributed by atoms with Gasteiger partial charge in [-0.1, -0.05) is 24.3 Å². The summed E-state index contributed by atoms with van der Waals surface area (Å²) in [6, 6.07) is 15.2. The average Bonchev–Trinajstić information content (AvgIpc) is 2.77. The molecule has 6 nitrogen and oxygen atoms in total. The Morgan fingerprint density at radius 2 is 1.78 bits per heavy atom. The summed E-state index contributed by atoms with van der Waals surface area (Å²) in [5.41, 5.74) is 1.65. The van der Waals surface area contributed by atoms with Crippen molar-refractivity contribution in [1.29, 1.82) is 0 Å². The molecule has 0 aliphatic carbocycles. The summed E-state index contributed by atoms with van der Waals surface area (Å²) in [6.45, 7) is 0.834. The number of nitrogens with one attached hydrogen (secondary N) is 2. The molecule has 3 aromatic carbocycles. The first-order valence-corrected chi connectivity index (χ1v) is 11.3. The number of methoxy groups -OCH3 is 1. The van der Waals surface area contributed by atoms with Gasteiger partial charge in [0.25, 0.3) is 10.0 Å². The Morgan fingerprint density at radius 1 is 1.03 bits per heavy atom. The second kappa shape index (κ2) is 10.6. The molecule has 0 radical (unpaired) electrons. The van der Waals surface area contributed by atoms with E-state index in [1.807, 2.05) is 0 Å². The van der Waals surface area contributed by atoms with Gasteiger partial charge >= 0.3 is 0 Å². The maximum atomic E-state index is 14.0. The Kier molecular flexibility index (Phi) is 7.92. The number of benzene rings is 3. The topological polar surface area (TPSA) is 87.7 Å². The average molecular weight is 463 g/mol. The summed E-state index contributed by atoms with van der Waals surface area (Å²) in [7, 11) is -2.33. The molecule has 0 bridgehead atoms. The highest BCUT2D eigenvalue weighted by Gasteiger charge is 2.17. The van der Waals surface area contributed by atoms with Gasteiger partial charge in [-0.2, -0.15) is 0 Å². The molecule has 3 aromatic rings. The van der Waals surface area contributed by atoms with Gasteiger partial charge in [0.1, 0.15) is 11.6 Å². The number of hydrogen-bond donors (Lipinski definition) is 3. The summed E-state index contributed by atoms with van der Waals surface area (Å²) < 4.78 is 60.2. The van der Waals surface area contributed by atoms with E-state index in [0.717, 1.165) is 12.1 Å². The van der Waals surface area contributed by atoms with Crippen LogP contribution in [0.4, 0.5) is 14.5 Å². The van der Waals surface area contributed by atoms with E-state index in [2.05, 4.69) is 10.0 Å². The molecule has 32 heavy (non-hydrogen) atoms. The first-order valence-electron chi connectivity index (χ1n) is 9.85. The van der Waals surface area contributed by atoms with Crippen LogP contribution in [0.15, 0.2) is 71.6 Å². The minimum atomic E-state index is -3.91. The van der Waals surface area contributed by atoms with E-state index in [1.165, 1.54) is 30.3 Å². The molecular weight excluding hydrogens is 438 g/mol. The van der Waals surface area contributed by atoms with E-state index in [4.69, 9.17) is 4.74 Å². The fourth-order valence-electron chi connectivity index (χ4n) is 3.19. The van der Waals surface area contributed by atoms with Crippen LogP contribution in [-0.2, 0) is 14.8 Å². The number of ether oxygens (including phenoxy) is 1. The third-order valence-corrected chi connectivity index (χ3v) is 6.22. The van der Waals surface area contributed by atoms with Gasteiger partial charge in [-0.15, -0.1) is 0 Å². The molecule has 170 valence electrons. The van der Waals surface area contributed by atoms with Gasteiger partial charge in [0.2, 0.25) is 0 Å². The summed E-state index contributed by atoms with van der Waals surface area (Å²) in [5.74, 6) is -1.41. The predicted octanol–water partition coefficient (Wildman–Crippen LogP) is 3.70. The third kappa shape index (κ3) is 5.89. The summed E-state index contributed by atoms with van der Waals surface area (Å²) >= 11 is 0. The molecule has 0 aromatic heterocycles. The standard InChI is InChI=1S/C23H24F2N2O4S/c1-31-12-11-26-23(15-28)17-3-2-4-19(13-17)27-32(29,30)20-8-5-16(6-9-20)21-10-7-18(24)14-22(21)25/h2-10,13-14,23,26-28H,11-12,15H2,1H3. The minimum absolute atomic E-state index is 0.00824. The number of hydrogen-bond acceptors (Lipinski definition) is 5. The molecule has 0 aliphatic heterocycles. The van der Waals surface area contributed by atoms with Crippen molar-refractivity contribution in [3.63, 3.8) is 0 Å². The zero-order chi connectivity index (χ0) is 23.1. The van der Waals surface area contributed by atoms with Gasteiger partial charge in [0.15, 0.2) is 0 Å². The lowest BCUT2D eigenvalue weighted by molar-refractivity contribution is 0.184. The number of anilines is 1. The van der Waals surface area contributed by atoms with Crippen LogP contribution in [0.2, 0.25) is 0 Å². The van der Waals surface area contributed by atoms with Crippen molar-refractivity contribution in [2.45, 2.75) is 10.9 Å². The zero-order valence-electron chi connectivity index (χ0n) is 17.4. The number of aliphatic hydroxyl groups is 1. The van der Waals surface area contributed by atoms with E-state index < -0.39 is 21.7 Å². The van der Waals surface area contributed by atoms with Crippen molar-refractivity contribution in [2.75, 3.05) is 31.6 Å². The SMILES string of the molecule is COCCNC(CO)c1cccc(NS(=O)(=O)c2ccc(-c3ccc(F)cc3F)cc2)c1. The Bertz CT molecular complexity index is 1150. The summed E-state index contributed by atoms with van der Waals surface area (Å²) in [4.78, 5) is -0.00824. The van der Waals surface area contributed by atoms with Gasteiger partial charge in [0, 0.05) is 31.0 Å². The predicted molar refractivity (Wildman–Crippen MR) is 119 cm³/mol. The van der Waals surface area contributed by atoms with Gasteiger partial charge < -0.3 is 15.2 Å². The smallest absolute Gasteiger partial charge is 0.261 e. The molecule has 9 heteroatoms. The molecule has 0 saturated heterocycles. The van der Waals surface area contributed by atoms with Gasteiger partial charge in [0.05, 0.1) is 24.2 Å². The Labute approximate surface area is 185 Å². The zero-order valence-corrected chi connectivity index (χ0v) is 18.2. The van der Waals surface area contributed by atoms with Gasteiger partial charge in [-0.05, 0) is 47.5 Å². The normalized spacial score (nSPS) is 12.5. The quantitative estimate of drug-likeness (QED) is 0.400. The van der Waals surface area contributed by atoms with Crippen LogP contribution >= 0.6 is 0 Å². The van der Waals surface area contributed by atoms with Crippen molar-refractivity contribution in [3.05, 3.63) is 83.9 Å². The van der Waals surface area contributed by atoms with E-state index >= 15 is 0 Å². The molecule has 0 amide bonds. The first-order chi connectivity index (χ1) is 15.3. The van der Waals surface area contributed by atoms with Crippen molar-refractivity contribution in [1.82, 2.24) is 5.32 Å². The monoisotopic (exact) mass is 462 g/mol. The minimum Gasteiger partial charge on any atom is -0.394 e. The second-order valence-electron chi connectivity index (χ2n) is 7.06. The highest BCUT2D eigenvalue weighted by atomic mass is 32.2. The van der Waals surface area contributed by atoms with Gasteiger partial charge in [-0.3, -0.25) is 4.72 Å². The number of sulfonamides is 1. The van der Waals surface area contributed by atoms with E-state index in [9.17, 15) is 22.3 Å². The van der Waals surface area contributed by atoms with Crippen LogP contribution in [0.3, 0.4) is 0 Å². The number of aliphatic hydroxyl groups excluding tert-OH is 1. The molecule has 0 fully saturated rings. The van der Waals surface area contributed by atoms with Crippen LogP contribution in [0.1, 0.15) is 11.6 Å². The van der Waals surface area contributed by atoms with Crippen molar-refractivity contribution < 1.29 is 27.0 Å². The van der Waals surface area contributed by atoms with Crippen molar-refractivity contribution >= 4 is 15.7 Å². The third-order valence-electron chi connectivity index (χ3n) is 4.83. The van der Waals surface area contributed by atoms with Crippen LogP contribution < -0.4 is 10.0 Å². The molecule has 0 heterocycles. The fourth-order valence-corrected chi connectivity index (χ4v) is 4.24. The molecule has 0 saturated carbocycles. The molecule has 3 N–H and O–H groups in total. The molecule has 3 rings (SSSR count). The van der Waals surface area contributed by atoms with Crippen molar-refractivity contribution in [2.24, 2.45) is 0 Å². The Balaban J connectivity index is 1.77. The fraction of sp³-hybridized carbons (Fsp3) is 0.217. The summed E-state index contributed by atoms with van der Waals surface area (Å²) in [5, 5.41) is 12.8. The van der Waals surface area contributed by atoms with Crippen LogP contribution in [0, 0.1) is 11.6 Å². The maximum absolute atomic E-state index is 14.0. The number of rotatable bonds is 10. The molecule has 0 aliphatic rings. The number of halogens is 2. The largest absolute Gasteiger partial charge is 0.394 e. The maximum Gasteiger partial charge on any atom is 0.261 e. The lowest BCUT2D eigenvalue weighted by atomic mass is 10.1. The first kappa shape index (κ1) is 23.8. The Hall–Kier alpha value is -2.85. The summed E-state index contributed by atoms with van der Waals surface area (Å²) in [6.07, 6.45) is 0. The highest BCUT2D eigenvalue weighted by Crippen LogP contribution is 2.26. The van der Waals surface area contributed by atoms with Crippen LogP contribution in [-0.4, -0.2) is 40.4 Å². The van der Waals surface area contributed by atoms with Crippen molar-refractivity contribution in [3.8, 4) is 11.1 Å². The molecule has 1 unspecified atom stereocenters. The Morgan fingerprint density at radius 3 is 2.44 bits per heavy atom. The van der Waals surface area contributed by atoms with Gasteiger partial charge in [-0.25, -0.2) is 17.2 Å². The molecule has 0 spiro atoms. The van der Waals surface area contributed by atoms with Crippen LogP contribution in [0.5, 0.6) is 0 Å². The molecule has 1 atom stereocenters. The highest BCUT2D eigenvalue weighted by molar-refractivity contribution is 7.92. The van der Waals surface area contributed by atoms with E-state index in [0.29, 0.717) is 30.0 Å². The molecular formula is C23H24F2N2O4S. The van der Waals surface area contributed by atoms with E-state index in [-0.39, 0.29) is 23.1 Å².